The van der Waals surface area contributed by atoms with Crippen LogP contribution in [-0.4, -0.2) is 48.1 Å². The molecular formula is C16H23N3O3. The number of hydrogen-bond acceptors (Lipinski definition) is 4. The van der Waals surface area contributed by atoms with Gasteiger partial charge in [0.05, 0.1) is 0 Å². The van der Waals surface area contributed by atoms with Crippen molar-refractivity contribution < 1.29 is 14.7 Å². The normalized spacial score (nSPS) is 16.4. The van der Waals surface area contributed by atoms with Gasteiger partial charge in [0, 0.05) is 30.8 Å². The van der Waals surface area contributed by atoms with Gasteiger partial charge in [-0.3, -0.25) is 9.59 Å². The van der Waals surface area contributed by atoms with Crippen LogP contribution in [0.3, 0.4) is 0 Å². The minimum atomic E-state index is -0.482. The number of nitrogens with zero attached hydrogens (tertiary/aromatic N) is 1. The summed E-state index contributed by atoms with van der Waals surface area (Å²) in [5.74, 6) is -0.117. The van der Waals surface area contributed by atoms with E-state index in [9.17, 15) is 9.59 Å². The van der Waals surface area contributed by atoms with Crippen LogP contribution in [-0.2, 0) is 4.79 Å². The molecule has 6 nitrogen and oxygen atoms in total. The van der Waals surface area contributed by atoms with Crippen molar-refractivity contribution in [1.82, 2.24) is 4.90 Å². The van der Waals surface area contributed by atoms with Crippen LogP contribution in [0.4, 0.5) is 5.69 Å². The monoisotopic (exact) mass is 305 g/mol. The van der Waals surface area contributed by atoms with E-state index >= 15 is 0 Å². The highest BCUT2D eigenvalue weighted by molar-refractivity contribution is 5.94. The zero-order chi connectivity index (χ0) is 15.9. The molecule has 0 aliphatic carbocycles. The second kappa shape index (κ2) is 7.91. The Balaban J connectivity index is 1.73. The maximum Gasteiger partial charge on any atom is 0.248 e. The van der Waals surface area contributed by atoms with Gasteiger partial charge in [-0.05, 0) is 56.1 Å². The van der Waals surface area contributed by atoms with Crippen LogP contribution in [0, 0.1) is 5.92 Å². The number of primary amides is 1. The van der Waals surface area contributed by atoms with Crippen molar-refractivity contribution in [2.45, 2.75) is 19.3 Å². The predicted octanol–water partition coefficient (Wildman–Crippen LogP) is 0.818. The summed E-state index contributed by atoms with van der Waals surface area (Å²) in [4.78, 5) is 25.1. The number of aliphatic hydroxyl groups is 1. The fourth-order valence-corrected chi connectivity index (χ4v) is 2.59. The van der Waals surface area contributed by atoms with Crippen LogP contribution in [0.1, 0.15) is 29.6 Å². The molecule has 120 valence electrons. The number of aliphatic hydroxyl groups excluding tert-OH is 1. The number of carbonyl (C=O) groups excluding carboxylic acids is 2. The second-order valence-corrected chi connectivity index (χ2v) is 5.71. The van der Waals surface area contributed by atoms with Gasteiger partial charge in [0.2, 0.25) is 11.8 Å². The quantitative estimate of drug-likeness (QED) is 0.725. The van der Waals surface area contributed by atoms with Gasteiger partial charge in [-0.25, -0.2) is 0 Å². The number of carbonyl (C=O) groups is 2. The predicted molar refractivity (Wildman–Crippen MR) is 84.5 cm³/mol. The Morgan fingerprint density at radius 2 is 1.86 bits per heavy atom. The highest BCUT2D eigenvalue weighted by Gasteiger charge is 2.18. The fourth-order valence-electron chi connectivity index (χ4n) is 2.59. The molecule has 0 unspecified atom stereocenters. The van der Waals surface area contributed by atoms with E-state index in [2.05, 4.69) is 10.2 Å². The Bertz CT molecular complexity index is 508. The topological polar surface area (TPSA) is 95.7 Å². The summed E-state index contributed by atoms with van der Waals surface area (Å²) < 4.78 is 0. The van der Waals surface area contributed by atoms with E-state index in [4.69, 9.17) is 10.8 Å². The molecule has 0 aromatic heterocycles. The molecule has 0 radical (unpaired) electrons. The molecule has 1 aromatic rings. The molecular weight excluding hydrogens is 282 g/mol. The van der Waals surface area contributed by atoms with Gasteiger partial charge in [-0.2, -0.15) is 0 Å². The molecule has 1 aliphatic rings. The maximum absolute atomic E-state index is 11.9. The van der Waals surface area contributed by atoms with Crippen molar-refractivity contribution in [2.24, 2.45) is 11.7 Å². The molecule has 0 saturated carbocycles. The van der Waals surface area contributed by atoms with Crippen LogP contribution in [0.15, 0.2) is 24.3 Å². The molecule has 1 saturated heterocycles. The lowest BCUT2D eigenvalue weighted by molar-refractivity contribution is -0.116. The van der Waals surface area contributed by atoms with Crippen LogP contribution < -0.4 is 11.1 Å². The molecule has 6 heteroatoms. The van der Waals surface area contributed by atoms with Gasteiger partial charge >= 0.3 is 0 Å². The van der Waals surface area contributed by atoms with E-state index in [1.54, 1.807) is 24.3 Å². The molecule has 2 amide bonds. The number of anilines is 1. The molecule has 0 atom stereocenters. The zero-order valence-corrected chi connectivity index (χ0v) is 12.6. The van der Waals surface area contributed by atoms with Gasteiger partial charge in [0.1, 0.15) is 0 Å². The Morgan fingerprint density at radius 1 is 1.23 bits per heavy atom. The third-order valence-corrected chi connectivity index (χ3v) is 4.07. The smallest absolute Gasteiger partial charge is 0.248 e. The third-order valence-electron chi connectivity index (χ3n) is 4.07. The Hall–Kier alpha value is -1.92. The molecule has 1 aliphatic heterocycles. The van der Waals surface area contributed by atoms with Crippen molar-refractivity contribution >= 4 is 17.5 Å². The summed E-state index contributed by atoms with van der Waals surface area (Å²) in [5.41, 5.74) is 6.25. The first kappa shape index (κ1) is 16.5. The summed E-state index contributed by atoms with van der Waals surface area (Å²) in [6, 6.07) is 6.53. The third kappa shape index (κ3) is 4.82. The van der Waals surface area contributed by atoms with E-state index in [0.29, 0.717) is 23.6 Å². The van der Waals surface area contributed by atoms with E-state index in [0.717, 1.165) is 32.5 Å². The van der Waals surface area contributed by atoms with E-state index in [-0.39, 0.29) is 12.5 Å². The molecule has 1 heterocycles. The van der Waals surface area contributed by atoms with Crippen LogP contribution in [0.2, 0.25) is 0 Å². The van der Waals surface area contributed by atoms with Crippen molar-refractivity contribution in [1.29, 1.82) is 0 Å². The second-order valence-electron chi connectivity index (χ2n) is 5.71. The lowest BCUT2D eigenvalue weighted by Crippen LogP contribution is -2.36. The number of piperidine rings is 1. The highest BCUT2D eigenvalue weighted by Crippen LogP contribution is 2.16. The minimum absolute atomic E-state index is 0.0453. The Kier molecular flexibility index (Phi) is 5.91. The highest BCUT2D eigenvalue weighted by atomic mass is 16.3. The largest absolute Gasteiger partial charge is 0.396 e. The summed E-state index contributed by atoms with van der Waals surface area (Å²) in [7, 11) is 0. The lowest BCUT2D eigenvalue weighted by atomic mass is 9.98. The standard InChI is InChI=1S/C16H23N3O3/c17-16(22)13-1-3-14(4-2-13)18-15(21)7-10-19-8-5-12(11-20)6-9-19/h1-4,12,20H,5-11H2,(H2,17,22)(H,18,21). The maximum atomic E-state index is 11.9. The molecule has 2 rings (SSSR count). The number of amides is 2. The number of nitrogens with two attached hydrogens (primary N) is 1. The summed E-state index contributed by atoms with van der Waals surface area (Å²) in [6.45, 7) is 2.86. The number of likely N-dealkylation sites (tertiary alicyclic amines) is 1. The van der Waals surface area contributed by atoms with Crippen molar-refractivity contribution in [3.63, 3.8) is 0 Å². The molecule has 1 aromatic carbocycles. The first-order valence-electron chi connectivity index (χ1n) is 7.61. The molecule has 4 N–H and O–H groups in total. The van der Waals surface area contributed by atoms with Crippen molar-refractivity contribution in [2.75, 3.05) is 31.6 Å². The first-order chi connectivity index (χ1) is 10.6. The summed E-state index contributed by atoms with van der Waals surface area (Å²) >= 11 is 0. The molecule has 0 bridgehead atoms. The van der Waals surface area contributed by atoms with Gasteiger partial charge in [-0.1, -0.05) is 0 Å². The first-order valence-corrected chi connectivity index (χ1v) is 7.61. The van der Waals surface area contributed by atoms with E-state index < -0.39 is 5.91 Å². The van der Waals surface area contributed by atoms with Crippen molar-refractivity contribution in [3.05, 3.63) is 29.8 Å². The SMILES string of the molecule is NC(=O)c1ccc(NC(=O)CCN2CCC(CO)CC2)cc1. The van der Waals surface area contributed by atoms with E-state index in [1.165, 1.54) is 0 Å². The molecule has 1 fully saturated rings. The van der Waals surface area contributed by atoms with Crippen molar-refractivity contribution in [3.8, 4) is 0 Å². The fraction of sp³-hybridized carbons (Fsp3) is 0.500. The zero-order valence-electron chi connectivity index (χ0n) is 12.6. The average Bonchev–Trinajstić information content (AvgIpc) is 2.54. The average molecular weight is 305 g/mol. The summed E-state index contributed by atoms with van der Waals surface area (Å²) in [5, 5.41) is 11.9. The lowest BCUT2D eigenvalue weighted by Gasteiger charge is -2.30. The molecule has 22 heavy (non-hydrogen) atoms. The van der Waals surface area contributed by atoms with Gasteiger partial charge in [0.25, 0.3) is 0 Å². The number of hydrogen-bond donors (Lipinski definition) is 3. The van der Waals surface area contributed by atoms with Crippen LogP contribution in [0.25, 0.3) is 0 Å². The van der Waals surface area contributed by atoms with Gasteiger partial charge in [0.15, 0.2) is 0 Å². The van der Waals surface area contributed by atoms with E-state index in [1.807, 2.05) is 0 Å². The number of rotatable bonds is 6. The number of benzene rings is 1. The molecule has 0 spiro atoms. The summed E-state index contributed by atoms with van der Waals surface area (Å²) in [6.07, 6.45) is 2.42. The minimum Gasteiger partial charge on any atom is -0.396 e. The van der Waals surface area contributed by atoms with Crippen LogP contribution in [0.5, 0.6) is 0 Å². The number of nitrogens with one attached hydrogen (secondary N) is 1. The van der Waals surface area contributed by atoms with Gasteiger partial charge < -0.3 is 21.1 Å². The Labute approximate surface area is 130 Å². The van der Waals surface area contributed by atoms with Crippen LogP contribution >= 0.6 is 0 Å². The Morgan fingerprint density at radius 3 is 2.41 bits per heavy atom. The van der Waals surface area contributed by atoms with Gasteiger partial charge in [-0.15, -0.1) is 0 Å².